The van der Waals surface area contributed by atoms with Crippen LogP contribution in [0.3, 0.4) is 0 Å². The molecule has 0 bridgehead atoms. The van der Waals surface area contributed by atoms with Gasteiger partial charge in [0.15, 0.2) is 0 Å². The molecule has 0 aliphatic carbocycles. The first kappa shape index (κ1) is 13.7. The fourth-order valence-corrected chi connectivity index (χ4v) is 2.66. The maximum Gasteiger partial charge on any atom is 0.258 e. The minimum Gasteiger partial charge on any atom is -0.493 e. The molecule has 0 spiro atoms. The molecule has 2 N–H and O–H groups in total. The number of amides is 1. The summed E-state index contributed by atoms with van der Waals surface area (Å²) in [6, 6.07) is 12.3. The molecule has 3 aromatic rings. The summed E-state index contributed by atoms with van der Waals surface area (Å²) >= 11 is 1.91. The lowest BCUT2D eigenvalue weighted by Gasteiger charge is -2.09. The van der Waals surface area contributed by atoms with Crippen LogP contribution in [0.2, 0.25) is 0 Å². The third-order valence-electron chi connectivity index (χ3n) is 2.96. The molecule has 2 aromatic heterocycles. The SMILES string of the molecule is O=C(Nc1cccc2cccnc12)c1ccc(O)nc1I. The molecule has 0 atom stereocenters. The number of benzene rings is 1. The van der Waals surface area contributed by atoms with E-state index in [1.54, 1.807) is 12.3 Å². The quantitative estimate of drug-likeness (QED) is 0.520. The van der Waals surface area contributed by atoms with Crippen LogP contribution in [-0.4, -0.2) is 21.0 Å². The van der Waals surface area contributed by atoms with E-state index in [0.29, 0.717) is 15.0 Å². The van der Waals surface area contributed by atoms with E-state index in [4.69, 9.17) is 0 Å². The molecule has 21 heavy (non-hydrogen) atoms. The summed E-state index contributed by atoms with van der Waals surface area (Å²) in [6.45, 7) is 0. The summed E-state index contributed by atoms with van der Waals surface area (Å²) in [5.74, 6) is -0.396. The van der Waals surface area contributed by atoms with Crippen LogP contribution in [0.25, 0.3) is 10.9 Å². The van der Waals surface area contributed by atoms with Gasteiger partial charge < -0.3 is 10.4 Å². The number of hydrogen-bond acceptors (Lipinski definition) is 4. The molecule has 2 heterocycles. The zero-order valence-corrected chi connectivity index (χ0v) is 12.9. The van der Waals surface area contributed by atoms with Crippen LogP contribution < -0.4 is 5.32 Å². The Kier molecular flexibility index (Phi) is 3.70. The van der Waals surface area contributed by atoms with Gasteiger partial charge in [0.05, 0.1) is 16.8 Å². The number of aromatic hydroxyl groups is 1. The molecule has 104 valence electrons. The second-order valence-electron chi connectivity index (χ2n) is 4.34. The van der Waals surface area contributed by atoms with Crippen molar-refractivity contribution in [2.75, 3.05) is 5.32 Å². The maximum absolute atomic E-state index is 12.3. The average Bonchev–Trinajstić information content (AvgIpc) is 2.47. The summed E-state index contributed by atoms with van der Waals surface area (Å²) in [5, 5.41) is 13.1. The largest absolute Gasteiger partial charge is 0.493 e. The molecule has 0 radical (unpaired) electrons. The molecule has 1 aromatic carbocycles. The van der Waals surface area contributed by atoms with Gasteiger partial charge in [-0.1, -0.05) is 18.2 Å². The number of para-hydroxylation sites is 1. The molecule has 0 saturated heterocycles. The molecule has 0 aliphatic rings. The van der Waals surface area contributed by atoms with Gasteiger partial charge in [0.25, 0.3) is 5.91 Å². The van der Waals surface area contributed by atoms with E-state index in [0.717, 1.165) is 10.9 Å². The highest BCUT2D eigenvalue weighted by atomic mass is 127. The van der Waals surface area contributed by atoms with Crippen LogP contribution >= 0.6 is 22.6 Å². The van der Waals surface area contributed by atoms with Crippen molar-refractivity contribution in [3.8, 4) is 5.88 Å². The zero-order chi connectivity index (χ0) is 14.8. The number of carbonyl (C=O) groups excluding carboxylic acids is 1. The van der Waals surface area contributed by atoms with Crippen LogP contribution in [0.4, 0.5) is 5.69 Å². The average molecular weight is 391 g/mol. The van der Waals surface area contributed by atoms with Gasteiger partial charge in [-0.05, 0) is 40.8 Å². The topological polar surface area (TPSA) is 75.1 Å². The minimum atomic E-state index is -0.287. The van der Waals surface area contributed by atoms with E-state index >= 15 is 0 Å². The van der Waals surface area contributed by atoms with E-state index in [9.17, 15) is 9.90 Å². The van der Waals surface area contributed by atoms with Gasteiger partial charge >= 0.3 is 0 Å². The van der Waals surface area contributed by atoms with Crippen LogP contribution in [0, 0.1) is 3.70 Å². The molecule has 6 heteroatoms. The summed E-state index contributed by atoms with van der Waals surface area (Å²) in [4.78, 5) is 20.5. The molecule has 3 rings (SSSR count). The Morgan fingerprint density at radius 2 is 1.95 bits per heavy atom. The number of nitrogens with one attached hydrogen (secondary N) is 1. The van der Waals surface area contributed by atoms with E-state index in [2.05, 4.69) is 15.3 Å². The van der Waals surface area contributed by atoms with Crippen LogP contribution in [0.5, 0.6) is 5.88 Å². The van der Waals surface area contributed by atoms with Crippen molar-refractivity contribution < 1.29 is 9.90 Å². The zero-order valence-electron chi connectivity index (χ0n) is 10.7. The molecule has 0 unspecified atom stereocenters. The second kappa shape index (κ2) is 5.65. The van der Waals surface area contributed by atoms with Crippen LogP contribution in [0.1, 0.15) is 10.4 Å². The van der Waals surface area contributed by atoms with Crippen molar-refractivity contribution in [3.05, 3.63) is 57.9 Å². The number of aromatic nitrogens is 2. The van der Waals surface area contributed by atoms with Gasteiger partial charge in [0, 0.05) is 17.6 Å². The highest BCUT2D eigenvalue weighted by Crippen LogP contribution is 2.22. The molecule has 0 saturated carbocycles. The van der Waals surface area contributed by atoms with Crippen molar-refractivity contribution in [3.63, 3.8) is 0 Å². The fourth-order valence-electron chi connectivity index (χ4n) is 1.99. The van der Waals surface area contributed by atoms with Crippen molar-refractivity contribution >= 4 is 45.1 Å². The monoisotopic (exact) mass is 391 g/mol. The molecule has 5 nitrogen and oxygen atoms in total. The van der Waals surface area contributed by atoms with Crippen LogP contribution in [0.15, 0.2) is 48.7 Å². The lowest BCUT2D eigenvalue weighted by atomic mass is 10.2. The number of pyridine rings is 2. The number of carbonyl (C=O) groups is 1. The first-order chi connectivity index (χ1) is 10.1. The molecule has 1 amide bonds. The Hall–Kier alpha value is -2.22. The van der Waals surface area contributed by atoms with Gasteiger partial charge in [0.1, 0.15) is 3.70 Å². The predicted octanol–water partition coefficient (Wildman–Crippen LogP) is 3.19. The highest BCUT2D eigenvalue weighted by molar-refractivity contribution is 14.1. The fraction of sp³-hybridized carbons (Fsp3) is 0. The normalized spacial score (nSPS) is 10.5. The Balaban J connectivity index is 1.97. The van der Waals surface area contributed by atoms with Gasteiger partial charge in [-0.15, -0.1) is 0 Å². The summed E-state index contributed by atoms with van der Waals surface area (Å²) in [5.41, 5.74) is 1.78. The number of nitrogens with zero attached hydrogens (tertiary/aromatic N) is 2. The van der Waals surface area contributed by atoms with Crippen molar-refractivity contribution in [1.82, 2.24) is 9.97 Å². The number of anilines is 1. The standard InChI is InChI=1S/C15H10IN3O2/c16-14-10(6-7-12(20)19-14)15(21)18-11-5-1-3-9-4-2-8-17-13(9)11/h1-8H,(H,18,21)(H,19,20). The Morgan fingerprint density at radius 3 is 2.76 bits per heavy atom. The third kappa shape index (κ3) is 2.80. The molecular weight excluding hydrogens is 381 g/mol. The summed E-state index contributed by atoms with van der Waals surface area (Å²) < 4.78 is 0.443. The van der Waals surface area contributed by atoms with Gasteiger partial charge in [-0.3, -0.25) is 9.78 Å². The Bertz CT molecular complexity index is 831. The smallest absolute Gasteiger partial charge is 0.258 e. The van der Waals surface area contributed by atoms with E-state index in [1.807, 2.05) is 46.9 Å². The second-order valence-corrected chi connectivity index (χ2v) is 5.36. The molecular formula is C15H10IN3O2. The lowest BCUT2D eigenvalue weighted by Crippen LogP contribution is -2.14. The number of halogens is 1. The summed E-state index contributed by atoms with van der Waals surface area (Å²) in [6.07, 6.45) is 1.68. The van der Waals surface area contributed by atoms with Gasteiger partial charge in [-0.2, -0.15) is 0 Å². The van der Waals surface area contributed by atoms with Crippen molar-refractivity contribution in [2.45, 2.75) is 0 Å². The first-order valence-corrected chi connectivity index (χ1v) is 7.23. The highest BCUT2D eigenvalue weighted by Gasteiger charge is 2.13. The van der Waals surface area contributed by atoms with E-state index < -0.39 is 0 Å². The van der Waals surface area contributed by atoms with Gasteiger partial charge in [0.2, 0.25) is 5.88 Å². The number of hydrogen-bond donors (Lipinski definition) is 2. The molecule has 0 fully saturated rings. The minimum absolute atomic E-state index is 0.109. The van der Waals surface area contributed by atoms with E-state index in [-0.39, 0.29) is 11.8 Å². The van der Waals surface area contributed by atoms with E-state index in [1.165, 1.54) is 12.1 Å². The lowest BCUT2D eigenvalue weighted by molar-refractivity contribution is 0.102. The van der Waals surface area contributed by atoms with Crippen molar-refractivity contribution in [1.29, 1.82) is 0 Å². The Labute approximate surface area is 134 Å². The predicted molar refractivity (Wildman–Crippen MR) is 88.3 cm³/mol. The maximum atomic E-state index is 12.3. The third-order valence-corrected chi connectivity index (χ3v) is 3.78. The summed E-state index contributed by atoms with van der Waals surface area (Å²) in [7, 11) is 0. The number of fused-ring (bicyclic) bond motifs is 1. The Morgan fingerprint density at radius 1 is 1.14 bits per heavy atom. The van der Waals surface area contributed by atoms with Crippen LogP contribution in [-0.2, 0) is 0 Å². The van der Waals surface area contributed by atoms with Gasteiger partial charge in [-0.25, -0.2) is 4.98 Å². The first-order valence-electron chi connectivity index (χ1n) is 6.16. The van der Waals surface area contributed by atoms with Crippen molar-refractivity contribution in [2.24, 2.45) is 0 Å². The number of rotatable bonds is 2. The molecule has 0 aliphatic heterocycles.